The molecular formula is C31H27Cl2N3O4. The number of halogens is 2. The minimum absolute atomic E-state index is 0.0636. The Labute approximate surface area is 242 Å². The monoisotopic (exact) mass is 575 g/mol. The molecule has 1 atom stereocenters. The second-order valence-corrected chi connectivity index (χ2v) is 10.2. The number of hydrogen-bond acceptors (Lipinski definition) is 4. The average Bonchev–Trinajstić information content (AvgIpc) is 2.91. The highest BCUT2D eigenvalue weighted by atomic mass is 35.5. The number of rotatable bonds is 10. The van der Waals surface area contributed by atoms with Gasteiger partial charge in [0.1, 0.15) is 5.82 Å². The lowest BCUT2D eigenvalue weighted by molar-refractivity contribution is -0.141. The van der Waals surface area contributed by atoms with Gasteiger partial charge in [0.05, 0.1) is 5.92 Å². The molecule has 1 unspecified atom stereocenters. The molecule has 0 fully saturated rings. The largest absolute Gasteiger partial charge is 0.481 e. The maximum atomic E-state index is 12.9. The van der Waals surface area contributed by atoms with Gasteiger partial charge in [-0.2, -0.15) is 0 Å². The normalized spacial score (nSPS) is 11.5. The van der Waals surface area contributed by atoms with Gasteiger partial charge in [-0.05, 0) is 61.2 Å². The molecule has 0 radical (unpaired) electrons. The number of Topliss-reactive ketones (excluding diaryl/α,β-unsaturated/α-hetero) is 1. The Morgan fingerprint density at radius 3 is 2.17 bits per heavy atom. The quantitative estimate of drug-likeness (QED) is 0.166. The van der Waals surface area contributed by atoms with Crippen molar-refractivity contribution in [1.82, 2.24) is 4.98 Å². The minimum atomic E-state index is -0.971. The summed E-state index contributed by atoms with van der Waals surface area (Å²) in [5.74, 6) is -1.59. The van der Waals surface area contributed by atoms with E-state index in [0.29, 0.717) is 45.6 Å². The zero-order valence-electron chi connectivity index (χ0n) is 21.7. The Bertz CT molecular complexity index is 1510. The Hall–Kier alpha value is -4.20. The number of benzene rings is 3. The summed E-state index contributed by atoms with van der Waals surface area (Å²) in [5.41, 5.74) is 4.29. The SMILES string of the molecule is Cc1nc(NC(=O)Nc2cc(Cl)cc(Cl)c2)ccc1-c1ccc(C(=O)CC(CCc2ccccc2)C(=O)O)cc1. The predicted octanol–water partition coefficient (Wildman–Crippen LogP) is 7.91. The van der Waals surface area contributed by atoms with Crippen LogP contribution in [0.3, 0.4) is 0 Å². The average molecular weight is 576 g/mol. The summed E-state index contributed by atoms with van der Waals surface area (Å²) in [4.78, 5) is 41.5. The molecule has 204 valence electrons. The van der Waals surface area contributed by atoms with Gasteiger partial charge in [0.25, 0.3) is 0 Å². The number of carboxylic acid groups (broad SMARTS) is 1. The summed E-state index contributed by atoms with van der Waals surface area (Å²) in [7, 11) is 0. The van der Waals surface area contributed by atoms with Crippen LogP contribution in [0.4, 0.5) is 16.3 Å². The van der Waals surface area contributed by atoms with Crippen LogP contribution in [0.25, 0.3) is 11.1 Å². The van der Waals surface area contributed by atoms with Crippen LogP contribution in [0.2, 0.25) is 10.0 Å². The van der Waals surface area contributed by atoms with Crippen molar-refractivity contribution in [3.05, 3.63) is 112 Å². The first kappa shape index (κ1) is 28.8. The molecule has 3 aromatic carbocycles. The molecule has 3 N–H and O–H groups in total. The summed E-state index contributed by atoms with van der Waals surface area (Å²) in [6.45, 7) is 1.82. The summed E-state index contributed by atoms with van der Waals surface area (Å²) in [6.07, 6.45) is 0.920. The van der Waals surface area contributed by atoms with E-state index in [1.54, 1.807) is 48.5 Å². The van der Waals surface area contributed by atoms with Gasteiger partial charge in [-0.1, -0.05) is 77.8 Å². The fraction of sp³-hybridized carbons (Fsp3) is 0.161. The molecule has 4 aromatic rings. The lowest BCUT2D eigenvalue weighted by atomic mass is 9.92. The van der Waals surface area contributed by atoms with Crippen LogP contribution in [0.15, 0.2) is 84.9 Å². The molecule has 0 saturated carbocycles. The number of hydrogen-bond donors (Lipinski definition) is 3. The molecule has 9 heteroatoms. The number of aryl methyl sites for hydroxylation is 2. The lowest BCUT2D eigenvalue weighted by Crippen LogP contribution is -2.20. The third-order valence-corrected chi connectivity index (χ3v) is 6.81. The standard InChI is InChI=1S/C31H27Cl2N3O4/c1-19-27(13-14-29(34-19)36-31(40)35-26-17-24(32)16-25(33)18-26)21-9-11-22(12-10-21)28(37)15-23(30(38)39)8-7-20-5-3-2-4-6-20/h2-6,9-14,16-18,23H,7-8,15H2,1H3,(H,38,39)(H2,34,35,36,40). The number of aromatic nitrogens is 1. The number of nitrogens with zero attached hydrogens (tertiary/aromatic N) is 1. The summed E-state index contributed by atoms with van der Waals surface area (Å²) in [6, 6.07) is 24.4. The summed E-state index contributed by atoms with van der Waals surface area (Å²) >= 11 is 11.9. The molecule has 1 heterocycles. The van der Waals surface area contributed by atoms with Crippen molar-refractivity contribution in [1.29, 1.82) is 0 Å². The topological polar surface area (TPSA) is 108 Å². The second-order valence-electron chi connectivity index (χ2n) is 9.33. The number of carbonyl (C=O) groups excluding carboxylic acids is 2. The third-order valence-electron chi connectivity index (χ3n) is 6.37. The van der Waals surface area contributed by atoms with E-state index in [1.807, 2.05) is 43.3 Å². The van der Waals surface area contributed by atoms with Gasteiger partial charge < -0.3 is 10.4 Å². The first-order valence-corrected chi connectivity index (χ1v) is 13.4. The minimum Gasteiger partial charge on any atom is -0.481 e. The number of urea groups is 1. The smallest absolute Gasteiger partial charge is 0.324 e. The van der Waals surface area contributed by atoms with E-state index in [1.165, 1.54) is 0 Å². The molecule has 0 bridgehead atoms. The van der Waals surface area contributed by atoms with Gasteiger partial charge in [0.15, 0.2) is 5.78 Å². The van der Waals surface area contributed by atoms with E-state index in [0.717, 1.165) is 16.7 Å². The number of aliphatic carboxylic acids is 1. The maximum absolute atomic E-state index is 12.9. The maximum Gasteiger partial charge on any atom is 0.324 e. The number of anilines is 2. The number of carboxylic acids is 1. The fourth-order valence-corrected chi connectivity index (χ4v) is 4.84. The van der Waals surface area contributed by atoms with E-state index in [9.17, 15) is 19.5 Å². The fourth-order valence-electron chi connectivity index (χ4n) is 4.32. The second kappa shape index (κ2) is 13.2. The van der Waals surface area contributed by atoms with Crippen LogP contribution >= 0.6 is 23.2 Å². The first-order chi connectivity index (χ1) is 19.2. The van der Waals surface area contributed by atoms with Gasteiger partial charge in [0.2, 0.25) is 0 Å². The van der Waals surface area contributed by atoms with E-state index in [2.05, 4.69) is 15.6 Å². The molecule has 40 heavy (non-hydrogen) atoms. The Morgan fingerprint density at radius 1 is 0.875 bits per heavy atom. The summed E-state index contributed by atoms with van der Waals surface area (Å²) < 4.78 is 0. The van der Waals surface area contributed by atoms with Crippen LogP contribution in [0, 0.1) is 12.8 Å². The first-order valence-electron chi connectivity index (χ1n) is 12.6. The molecule has 7 nitrogen and oxygen atoms in total. The highest BCUT2D eigenvalue weighted by molar-refractivity contribution is 6.35. The molecule has 0 saturated heterocycles. The zero-order chi connectivity index (χ0) is 28.6. The van der Waals surface area contributed by atoms with Gasteiger partial charge >= 0.3 is 12.0 Å². The molecule has 0 aliphatic rings. The molecule has 2 amide bonds. The van der Waals surface area contributed by atoms with Crippen molar-refractivity contribution in [2.75, 3.05) is 10.6 Å². The Kier molecular flexibility index (Phi) is 9.53. The molecular weight excluding hydrogens is 549 g/mol. The van der Waals surface area contributed by atoms with Crippen LogP contribution in [-0.4, -0.2) is 27.9 Å². The van der Waals surface area contributed by atoms with Crippen LogP contribution in [-0.2, 0) is 11.2 Å². The predicted molar refractivity (Wildman–Crippen MR) is 158 cm³/mol. The lowest BCUT2D eigenvalue weighted by Gasteiger charge is -2.13. The van der Waals surface area contributed by atoms with Crippen molar-refractivity contribution in [3.63, 3.8) is 0 Å². The van der Waals surface area contributed by atoms with E-state index in [-0.39, 0.29) is 12.2 Å². The van der Waals surface area contributed by atoms with Gasteiger partial charge in [-0.3, -0.25) is 14.9 Å². The van der Waals surface area contributed by atoms with Crippen molar-refractivity contribution in [2.24, 2.45) is 5.92 Å². The number of ketones is 1. The van der Waals surface area contributed by atoms with Gasteiger partial charge in [-0.15, -0.1) is 0 Å². The number of pyridine rings is 1. The number of carbonyl (C=O) groups is 3. The van der Waals surface area contributed by atoms with Gasteiger partial charge in [0, 0.05) is 39.0 Å². The van der Waals surface area contributed by atoms with Crippen molar-refractivity contribution in [2.45, 2.75) is 26.2 Å². The Balaban J connectivity index is 1.37. The van der Waals surface area contributed by atoms with E-state index in [4.69, 9.17) is 23.2 Å². The van der Waals surface area contributed by atoms with Crippen molar-refractivity contribution in [3.8, 4) is 11.1 Å². The third kappa shape index (κ3) is 7.91. The van der Waals surface area contributed by atoms with Gasteiger partial charge in [-0.25, -0.2) is 9.78 Å². The zero-order valence-corrected chi connectivity index (χ0v) is 23.2. The van der Waals surface area contributed by atoms with Crippen LogP contribution < -0.4 is 10.6 Å². The van der Waals surface area contributed by atoms with E-state index < -0.39 is 17.9 Å². The highest BCUT2D eigenvalue weighted by Gasteiger charge is 2.22. The van der Waals surface area contributed by atoms with Crippen LogP contribution in [0.5, 0.6) is 0 Å². The molecule has 0 aliphatic carbocycles. The number of amides is 2. The molecule has 0 aliphatic heterocycles. The van der Waals surface area contributed by atoms with Crippen LogP contribution in [0.1, 0.15) is 34.5 Å². The Morgan fingerprint density at radius 2 is 1.55 bits per heavy atom. The molecule has 4 rings (SSSR count). The summed E-state index contributed by atoms with van der Waals surface area (Å²) in [5, 5.41) is 15.8. The van der Waals surface area contributed by atoms with Crippen molar-refractivity contribution < 1.29 is 19.5 Å². The number of nitrogens with one attached hydrogen (secondary N) is 2. The highest BCUT2D eigenvalue weighted by Crippen LogP contribution is 2.26. The molecule has 0 spiro atoms. The molecule has 1 aromatic heterocycles. The van der Waals surface area contributed by atoms with Crippen molar-refractivity contribution >= 4 is 52.5 Å². The van der Waals surface area contributed by atoms with E-state index >= 15 is 0 Å².